The molecular weight excluding hydrogens is 228 g/mol. The van der Waals surface area contributed by atoms with E-state index in [0.717, 1.165) is 6.42 Å². The van der Waals surface area contributed by atoms with Crippen molar-refractivity contribution in [2.24, 2.45) is 5.92 Å². The van der Waals surface area contributed by atoms with Gasteiger partial charge >= 0.3 is 6.01 Å². The van der Waals surface area contributed by atoms with Crippen molar-refractivity contribution in [3.8, 4) is 0 Å². The van der Waals surface area contributed by atoms with Gasteiger partial charge in [0, 0.05) is 19.1 Å². The minimum Gasteiger partial charge on any atom is -0.407 e. The Hall–Kier alpha value is -1.10. The highest BCUT2D eigenvalue weighted by Gasteiger charge is 2.22. The number of rotatable bonds is 7. The maximum atomic E-state index is 5.67. The van der Waals surface area contributed by atoms with Crippen LogP contribution in [0, 0.1) is 5.92 Å². The molecule has 5 nitrogen and oxygen atoms in total. The van der Waals surface area contributed by atoms with E-state index >= 15 is 0 Å². The van der Waals surface area contributed by atoms with Crippen molar-refractivity contribution in [1.29, 1.82) is 0 Å². The highest BCUT2D eigenvalue weighted by Crippen LogP contribution is 2.20. The Labute approximate surface area is 109 Å². The van der Waals surface area contributed by atoms with Gasteiger partial charge in [-0.15, -0.1) is 5.10 Å². The zero-order valence-corrected chi connectivity index (χ0v) is 11.8. The summed E-state index contributed by atoms with van der Waals surface area (Å²) < 4.78 is 5.67. The fraction of sp³-hybridized carbons (Fsp3) is 0.846. The highest BCUT2D eigenvalue weighted by atomic mass is 16.4. The SMILES string of the molecule is CC(C)CC(C)N(C)c1nnc(CNC2CC2)o1. The van der Waals surface area contributed by atoms with Crippen molar-refractivity contribution in [2.45, 2.75) is 58.7 Å². The summed E-state index contributed by atoms with van der Waals surface area (Å²) in [6.07, 6.45) is 3.66. The van der Waals surface area contributed by atoms with Gasteiger partial charge in [-0.25, -0.2) is 0 Å². The van der Waals surface area contributed by atoms with Gasteiger partial charge in [0.15, 0.2) is 0 Å². The van der Waals surface area contributed by atoms with Crippen molar-refractivity contribution >= 4 is 6.01 Å². The first-order valence-electron chi connectivity index (χ1n) is 6.85. The van der Waals surface area contributed by atoms with Crippen molar-refractivity contribution in [2.75, 3.05) is 11.9 Å². The van der Waals surface area contributed by atoms with Crippen molar-refractivity contribution in [1.82, 2.24) is 15.5 Å². The Bertz CT molecular complexity index is 373. The predicted molar refractivity (Wildman–Crippen MR) is 71.5 cm³/mol. The molecule has 1 aromatic rings. The van der Waals surface area contributed by atoms with Gasteiger partial charge in [0.25, 0.3) is 0 Å². The van der Waals surface area contributed by atoms with E-state index < -0.39 is 0 Å². The Kier molecular flexibility index (Phi) is 4.22. The number of hydrogen-bond acceptors (Lipinski definition) is 5. The maximum Gasteiger partial charge on any atom is 0.318 e. The molecule has 1 saturated carbocycles. The van der Waals surface area contributed by atoms with Gasteiger partial charge < -0.3 is 14.6 Å². The molecule has 1 aliphatic rings. The summed E-state index contributed by atoms with van der Waals surface area (Å²) in [7, 11) is 2.01. The Morgan fingerprint density at radius 1 is 1.33 bits per heavy atom. The Balaban J connectivity index is 1.86. The molecule has 0 amide bonds. The van der Waals surface area contributed by atoms with Crippen LogP contribution in [0.5, 0.6) is 0 Å². The van der Waals surface area contributed by atoms with E-state index in [0.29, 0.717) is 36.5 Å². The highest BCUT2D eigenvalue weighted by molar-refractivity contribution is 5.23. The molecule has 0 aliphatic heterocycles. The normalized spacial score (nSPS) is 17.2. The summed E-state index contributed by atoms with van der Waals surface area (Å²) in [6, 6.07) is 1.70. The molecule has 0 bridgehead atoms. The lowest BCUT2D eigenvalue weighted by atomic mass is 10.0. The first-order valence-corrected chi connectivity index (χ1v) is 6.85. The third-order valence-corrected chi connectivity index (χ3v) is 3.35. The first kappa shape index (κ1) is 13.3. The minimum absolute atomic E-state index is 0.412. The second kappa shape index (κ2) is 5.69. The average Bonchev–Trinajstić information content (AvgIpc) is 3.02. The molecule has 102 valence electrons. The number of nitrogens with zero attached hydrogens (tertiary/aromatic N) is 3. The van der Waals surface area contributed by atoms with Gasteiger partial charge in [0.1, 0.15) is 0 Å². The van der Waals surface area contributed by atoms with E-state index in [1.54, 1.807) is 0 Å². The van der Waals surface area contributed by atoms with E-state index in [4.69, 9.17) is 4.42 Å². The zero-order chi connectivity index (χ0) is 13.1. The van der Waals surface area contributed by atoms with E-state index in [2.05, 4.69) is 41.2 Å². The largest absolute Gasteiger partial charge is 0.407 e. The number of anilines is 1. The molecular formula is C13H24N4O. The molecule has 1 aliphatic carbocycles. The van der Waals surface area contributed by atoms with E-state index in [-0.39, 0.29) is 0 Å². The molecule has 1 atom stereocenters. The molecule has 1 heterocycles. The fourth-order valence-corrected chi connectivity index (χ4v) is 2.01. The average molecular weight is 252 g/mol. The van der Waals surface area contributed by atoms with Gasteiger partial charge in [0.05, 0.1) is 6.54 Å². The Morgan fingerprint density at radius 3 is 2.67 bits per heavy atom. The van der Waals surface area contributed by atoms with Crippen LogP contribution in [-0.2, 0) is 6.54 Å². The van der Waals surface area contributed by atoms with Crippen LogP contribution in [-0.4, -0.2) is 29.3 Å². The zero-order valence-electron chi connectivity index (χ0n) is 11.8. The number of aromatic nitrogens is 2. The van der Waals surface area contributed by atoms with Crippen molar-refractivity contribution in [3.63, 3.8) is 0 Å². The van der Waals surface area contributed by atoms with Crippen LogP contribution in [0.25, 0.3) is 0 Å². The summed E-state index contributed by atoms with van der Waals surface area (Å²) in [5.41, 5.74) is 0. The maximum absolute atomic E-state index is 5.67. The molecule has 1 aromatic heterocycles. The summed E-state index contributed by atoms with van der Waals surface area (Å²) in [6.45, 7) is 7.32. The standard InChI is InChI=1S/C13H24N4O/c1-9(2)7-10(3)17(4)13-16-15-12(18-13)8-14-11-5-6-11/h9-11,14H,5-8H2,1-4H3. The molecule has 18 heavy (non-hydrogen) atoms. The van der Waals surface area contributed by atoms with Crippen LogP contribution in [0.1, 0.15) is 45.9 Å². The van der Waals surface area contributed by atoms with Crippen LogP contribution in [0.4, 0.5) is 6.01 Å². The minimum atomic E-state index is 0.412. The third-order valence-electron chi connectivity index (χ3n) is 3.35. The van der Waals surface area contributed by atoms with Gasteiger partial charge in [-0.3, -0.25) is 0 Å². The van der Waals surface area contributed by atoms with Gasteiger partial charge in [-0.1, -0.05) is 18.9 Å². The predicted octanol–water partition coefficient (Wildman–Crippen LogP) is 2.19. The van der Waals surface area contributed by atoms with Crippen LogP contribution in [0.15, 0.2) is 4.42 Å². The van der Waals surface area contributed by atoms with Crippen LogP contribution < -0.4 is 10.2 Å². The molecule has 5 heteroatoms. The third kappa shape index (κ3) is 3.70. The number of nitrogens with one attached hydrogen (secondary N) is 1. The van der Waals surface area contributed by atoms with Crippen molar-refractivity contribution < 1.29 is 4.42 Å². The van der Waals surface area contributed by atoms with Crippen LogP contribution in [0.2, 0.25) is 0 Å². The lowest BCUT2D eigenvalue weighted by Gasteiger charge is -2.24. The molecule has 1 fully saturated rings. The fourth-order valence-electron chi connectivity index (χ4n) is 2.01. The summed E-state index contributed by atoms with van der Waals surface area (Å²) in [5.74, 6) is 1.35. The smallest absolute Gasteiger partial charge is 0.318 e. The first-order chi connectivity index (χ1) is 8.56. The molecule has 0 saturated heterocycles. The summed E-state index contributed by atoms with van der Waals surface area (Å²) in [4.78, 5) is 2.06. The second-order valence-electron chi connectivity index (χ2n) is 5.72. The van der Waals surface area contributed by atoms with Crippen LogP contribution >= 0.6 is 0 Å². The van der Waals surface area contributed by atoms with Gasteiger partial charge in [0.2, 0.25) is 5.89 Å². The number of hydrogen-bond donors (Lipinski definition) is 1. The molecule has 1 N–H and O–H groups in total. The topological polar surface area (TPSA) is 54.2 Å². The molecule has 0 aromatic carbocycles. The van der Waals surface area contributed by atoms with Crippen molar-refractivity contribution in [3.05, 3.63) is 5.89 Å². The lowest BCUT2D eigenvalue weighted by molar-refractivity contribution is 0.436. The monoisotopic (exact) mass is 252 g/mol. The van der Waals surface area contributed by atoms with E-state index in [1.165, 1.54) is 12.8 Å². The molecule has 1 unspecified atom stereocenters. The van der Waals surface area contributed by atoms with Crippen LogP contribution in [0.3, 0.4) is 0 Å². The quantitative estimate of drug-likeness (QED) is 0.806. The van der Waals surface area contributed by atoms with Gasteiger partial charge in [-0.2, -0.15) is 0 Å². The lowest BCUT2D eigenvalue weighted by Crippen LogP contribution is -2.30. The summed E-state index contributed by atoms with van der Waals surface area (Å²) >= 11 is 0. The second-order valence-corrected chi connectivity index (χ2v) is 5.72. The molecule has 0 radical (unpaired) electrons. The van der Waals surface area contributed by atoms with Gasteiger partial charge in [-0.05, 0) is 32.1 Å². The van der Waals surface area contributed by atoms with E-state index in [1.807, 2.05) is 7.05 Å². The molecule has 0 spiro atoms. The summed E-state index contributed by atoms with van der Waals surface area (Å²) in [5, 5.41) is 11.6. The van der Waals surface area contributed by atoms with E-state index in [9.17, 15) is 0 Å². The Morgan fingerprint density at radius 2 is 2.06 bits per heavy atom. The molecule has 2 rings (SSSR count).